The van der Waals surface area contributed by atoms with Gasteiger partial charge in [0.25, 0.3) is 0 Å². The Labute approximate surface area is 94.8 Å². The summed E-state index contributed by atoms with van der Waals surface area (Å²) in [5.41, 5.74) is 5.89. The van der Waals surface area contributed by atoms with Crippen molar-refractivity contribution in [2.75, 3.05) is 12.3 Å². The van der Waals surface area contributed by atoms with E-state index in [-0.39, 0.29) is 5.97 Å². The van der Waals surface area contributed by atoms with Crippen molar-refractivity contribution in [2.24, 2.45) is 5.92 Å². The van der Waals surface area contributed by atoms with Crippen molar-refractivity contribution in [3.05, 3.63) is 23.9 Å². The smallest absolute Gasteiger partial charge is 0.339 e. The van der Waals surface area contributed by atoms with Crippen molar-refractivity contribution in [2.45, 2.75) is 25.7 Å². The lowest BCUT2D eigenvalue weighted by Crippen LogP contribution is -2.15. The molecule has 0 atom stereocenters. The molecule has 1 aromatic heterocycles. The summed E-state index contributed by atoms with van der Waals surface area (Å²) in [4.78, 5) is 15.4. The van der Waals surface area contributed by atoms with Crippen molar-refractivity contribution in [1.82, 2.24) is 4.98 Å². The van der Waals surface area contributed by atoms with E-state index in [1.54, 1.807) is 12.1 Å². The van der Waals surface area contributed by atoms with Crippen LogP contribution in [0.4, 0.5) is 5.82 Å². The second-order valence-electron chi connectivity index (χ2n) is 4.19. The highest BCUT2D eigenvalue weighted by atomic mass is 16.5. The Morgan fingerprint density at radius 3 is 2.88 bits per heavy atom. The normalized spacial score (nSPS) is 15.5. The summed E-state index contributed by atoms with van der Waals surface area (Å²) in [6.07, 6.45) is 6.30. The van der Waals surface area contributed by atoms with E-state index in [2.05, 4.69) is 4.98 Å². The summed E-state index contributed by atoms with van der Waals surface area (Å²) in [5.74, 6) is 0.857. The van der Waals surface area contributed by atoms with Crippen molar-refractivity contribution < 1.29 is 9.53 Å². The van der Waals surface area contributed by atoms with E-state index in [9.17, 15) is 4.79 Å². The predicted octanol–water partition coefficient (Wildman–Crippen LogP) is 2.01. The third kappa shape index (κ3) is 2.72. The second-order valence-corrected chi connectivity index (χ2v) is 4.19. The third-order valence-corrected chi connectivity index (χ3v) is 3.01. The molecule has 4 heteroatoms. The maximum Gasteiger partial charge on any atom is 0.339 e. The van der Waals surface area contributed by atoms with E-state index >= 15 is 0 Å². The molecule has 86 valence electrons. The number of nitrogens with two attached hydrogens (primary N) is 1. The van der Waals surface area contributed by atoms with E-state index in [0.717, 1.165) is 12.3 Å². The van der Waals surface area contributed by atoms with E-state index in [0.29, 0.717) is 18.0 Å². The number of anilines is 1. The average molecular weight is 220 g/mol. The van der Waals surface area contributed by atoms with E-state index in [1.165, 1.54) is 25.5 Å². The van der Waals surface area contributed by atoms with Crippen LogP contribution >= 0.6 is 0 Å². The predicted molar refractivity (Wildman–Crippen MR) is 60.9 cm³/mol. The summed E-state index contributed by atoms with van der Waals surface area (Å²) in [5, 5.41) is 0. The van der Waals surface area contributed by atoms with Crippen LogP contribution in [-0.2, 0) is 4.74 Å². The lowest BCUT2D eigenvalue weighted by molar-refractivity contribution is 0.0464. The molecule has 1 aliphatic rings. The highest BCUT2D eigenvalue weighted by molar-refractivity contribution is 5.89. The number of ether oxygens (including phenoxy) is 1. The Balaban J connectivity index is 1.76. The number of pyridine rings is 1. The summed E-state index contributed by atoms with van der Waals surface area (Å²) >= 11 is 0. The molecule has 16 heavy (non-hydrogen) atoms. The van der Waals surface area contributed by atoms with Crippen LogP contribution in [-0.4, -0.2) is 17.6 Å². The van der Waals surface area contributed by atoms with E-state index in [1.807, 2.05) is 0 Å². The number of hydrogen-bond donors (Lipinski definition) is 1. The standard InChI is InChI=1S/C12H16N2O2/c13-11-5-4-10(8-14-11)12(15)16-7-6-9-2-1-3-9/h4-5,8-9H,1-3,6-7H2,(H2,13,14). The van der Waals surface area contributed by atoms with Gasteiger partial charge in [-0.1, -0.05) is 19.3 Å². The average Bonchev–Trinajstić information content (AvgIpc) is 2.22. The van der Waals surface area contributed by atoms with Gasteiger partial charge in [0.15, 0.2) is 0 Å². The largest absolute Gasteiger partial charge is 0.462 e. The molecule has 0 saturated heterocycles. The van der Waals surface area contributed by atoms with Crippen molar-refractivity contribution in [3.63, 3.8) is 0 Å². The van der Waals surface area contributed by atoms with Gasteiger partial charge in [-0.15, -0.1) is 0 Å². The van der Waals surface area contributed by atoms with Gasteiger partial charge >= 0.3 is 5.97 Å². The Morgan fingerprint density at radius 2 is 2.31 bits per heavy atom. The second kappa shape index (κ2) is 4.96. The Bertz CT molecular complexity index is 358. The maximum atomic E-state index is 11.5. The summed E-state index contributed by atoms with van der Waals surface area (Å²) in [7, 11) is 0. The quantitative estimate of drug-likeness (QED) is 0.788. The van der Waals surface area contributed by atoms with Crippen LogP contribution in [0.5, 0.6) is 0 Å². The fourth-order valence-corrected chi connectivity index (χ4v) is 1.71. The zero-order valence-corrected chi connectivity index (χ0v) is 9.19. The van der Waals surface area contributed by atoms with Crippen molar-refractivity contribution >= 4 is 11.8 Å². The lowest BCUT2D eigenvalue weighted by Gasteiger charge is -2.24. The van der Waals surface area contributed by atoms with E-state index < -0.39 is 0 Å². The van der Waals surface area contributed by atoms with Gasteiger partial charge in [0.05, 0.1) is 12.2 Å². The molecule has 2 N–H and O–H groups in total. The Morgan fingerprint density at radius 1 is 1.50 bits per heavy atom. The van der Waals surface area contributed by atoms with Crippen molar-refractivity contribution in [1.29, 1.82) is 0 Å². The van der Waals surface area contributed by atoms with Crippen LogP contribution < -0.4 is 5.73 Å². The molecule has 1 heterocycles. The molecule has 1 aliphatic carbocycles. The number of hydrogen-bond acceptors (Lipinski definition) is 4. The van der Waals surface area contributed by atoms with Gasteiger partial charge in [-0.2, -0.15) is 0 Å². The Kier molecular flexibility index (Phi) is 3.39. The highest BCUT2D eigenvalue weighted by Gasteiger charge is 2.17. The number of nitrogens with zero attached hydrogens (tertiary/aromatic N) is 1. The molecule has 0 aromatic carbocycles. The van der Waals surface area contributed by atoms with Crippen LogP contribution in [0, 0.1) is 5.92 Å². The molecule has 0 bridgehead atoms. The fourth-order valence-electron chi connectivity index (χ4n) is 1.71. The number of aromatic nitrogens is 1. The first-order chi connectivity index (χ1) is 7.75. The molecule has 0 amide bonds. The minimum Gasteiger partial charge on any atom is -0.462 e. The highest BCUT2D eigenvalue weighted by Crippen LogP contribution is 2.29. The van der Waals surface area contributed by atoms with Gasteiger partial charge in [-0.3, -0.25) is 0 Å². The molecule has 0 aliphatic heterocycles. The van der Waals surface area contributed by atoms with Gasteiger partial charge in [-0.25, -0.2) is 9.78 Å². The summed E-state index contributed by atoms with van der Waals surface area (Å²) < 4.78 is 5.15. The molecule has 1 fully saturated rings. The van der Waals surface area contributed by atoms with Crippen LogP contribution in [0.15, 0.2) is 18.3 Å². The van der Waals surface area contributed by atoms with Crippen LogP contribution in [0.2, 0.25) is 0 Å². The number of carbonyl (C=O) groups excluding carboxylic acids is 1. The first-order valence-electron chi connectivity index (χ1n) is 5.64. The number of esters is 1. The summed E-state index contributed by atoms with van der Waals surface area (Å²) in [6.45, 7) is 0.508. The van der Waals surface area contributed by atoms with Crippen LogP contribution in [0.1, 0.15) is 36.0 Å². The summed E-state index contributed by atoms with van der Waals surface area (Å²) in [6, 6.07) is 3.23. The zero-order chi connectivity index (χ0) is 11.4. The van der Waals surface area contributed by atoms with Crippen LogP contribution in [0.25, 0.3) is 0 Å². The first kappa shape index (κ1) is 10.9. The SMILES string of the molecule is Nc1ccc(C(=O)OCCC2CCC2)cn1. The van der Waals surface area contributed by atoms with Gasteiger partial charge < -0.3 is 10.5 Å². The topological polar surface area (TPSA) is 65.2 Å². The lowest BCUT2D eigenvalue weighted by atomic mass is 9.83. The minimum atomic E-state index is -0.313. The fraction of sp³-hybridized carbons (Fsp3) is 0.500. The monoisotopic (exact) mass is 220 g/mol. The van der Waals surface area contributed by atoms with E-state index in [4.69, 9.17) is 10.5 Å². The van der Waals surface area contributed by atoms with Gasteiger partial charge in [0, 0.05) is 6.20 Å². The molecule has 2 rings (SSSR count). The number of rotatable bonds is 4. The molecule has 4 nitrogen and oxygen atoms in total. The minimum absolute atomic E-state index is 0.313. The molecular weight excluding hydrogens is 204 g/mol. The van der Waals surface area contributed by atoms with Crippen LogP contribution in [0.3, 0.4) is 0 Å². The Hall–Kier alpha value is -1.58. The zero-order valence-electron chi connectivity index (χ0n) is 9.19. The van der Waals surface area contributed by atoms with Gasteiger partial charge in [0.1, 0.15) is 5.82 Å². The van der Waals surface area contributed by atoms with Crippen molar-refractivity contribution in [3.8, 4) is 0 Å². The third-order valence-electron chi connectivity index (χ3n) is 3.01. The molecule has 1 aromatic rings. The maximum absolute atomic E-state index is 11.5. The molecule has 1 saturated carbocycles. The molecule has 0 radical (unpaired) electrons. The molecule has 0 spiro atoms. The van der Waals surface area contributed by atoms with Gasteiger partial charge in [-0.05, 0) is 24.5 Å². The number of nitrogen functional groups attached to an aromatic ring is 1. The van der Waals surface area contributed by atoms with Gasteiger partial charge in [0.2, 0.25) is 0 Å². The molecule has 0 unspecified atom stereocenters. The number of carbonyl (C=O) groups is 1. The molecular formula is C12H16N2O2. The first-order valence-corrected chi connectivity index (χ1v) is 5.64.